The van der Waals surface area contributed by atoms with E-state index in [0.29, 0.717) is 19.3 Å². The van der Waals surface area contributed by atoms with E-state index in [4.69, 9.17) is 9.47 Å². The van der Waals surface area contributed by atoms with E-state index >= 15 is 0 Å². The monoisotopic (exact) mass is 986 g/mol. The summed E-state index contributed by atoms with van der Waals surface area (Å²) in [6, 6.07) is -1.16. The fourth-order valence-corrected chi connectivity index (χ4v) is 10.0. The van der Waals surface area contributed by atoms with Crippen molar-refractivity contribution in [1.82, 2.24) is 5.32 Å². The van der Waals surface area contributed by atoms with Crippen molar-refractivity contribution in [2.45, 2.75) is 351 Å². The normalized spacial score (nSPS) is 20.3. The number of rotatable bonds is 52. The first-order valence-electron chi connectivity index (χ1n) is 29.9. The molecule has 1 amide bonds. The zero-order valence-electron chi connectivity index (χ0n) is 45.1. The number of hydrogen-bond acceptors (Lipinski definition) is 10. The molecule has 1 heterocycles. The van der Waals surface area contributed by atoms with Gasteiger partial charge in [-0.1, -0.05) is 284 Å². The molecule has 69 heavy (non-hydrogen) atoms. The quantitative estimate of drug-likeness (QED) is 0.0272. The Balaban J connectivity index is 2.16. The van der Waals surface area contributed by atoms with Crippen LogP contribution in [0.3, 0.4) is 0 Å². The molecule has 0 bridgehead atoms. The van der Waals surface area contributed by atoms with Crippen molar-refractivity contribution >= 4 is 5.91 Å². The van der Waals surface area contributed by atoms with Crippen LogP contribution in [0.2, 0.25) is 0 Å². The summed E-state index contributed by atoms with van der Waals surface area (Å²) >= 11 is 0. The Kier molecular flexibility index (Phi) is 46.1. The second-order valence-electron chi connectivity index (χ2n) is 21.4. The average Bonchev–Trinajstić information content (AvgIpc) is 3.35. The maximum atomic E-state index is 13.1. The fraction of sp³-hybridized carbons (Fsp3) is 0.983. The molecule has 1 fully saturated rings. The molecule has 0 radical (unpaired) electrons. The fourth-order valence-electron chi connectivity index (χ4n) is 10.0. The third kappa shape index (κ3) is 36.6. The van der Waals surface area contributed by atoms with Crippen LogP contribution in [0.1, 0.15) is 296 Å². The van der Waals surface area contributed by atoms with Gasteiger partial charge in [0.25, 0.3) is 0 Å². The maximum Gasteiger partial charge on any atom is 0.249 e. The molecule has 1 saturated heterocycles. The lowest BCUT2D eigenvalue weighted by Crippen LogP contribution is -2.60. The Morgan fingerprint density at radius 1 is 0.449 bits per heavy atom. The van der Waals surface area contributed by atoms with Crippen LogP contribution < -0.4 is 5.32 Å². The van der Waals surface area contributed by atoms with Gasteiger partial charge in [0.2, 0.25) is 5.91 Å². The van der Waals surface area contributed by atoms with Gasteiger partial charge >= 0.3 is 0 Å². The zero-order valence-corrected chi connectivity index (χ0v) is 45.1. The van der Waals surface area contributed by atoms with Gasteiger partial charge in [-0.3, -0.25) is 4.79 Å². The Morgan fingerprint density at radius 2 is 0.754 bits per heavy atom. The largest absolute Gasteiger partial charge is 0.394 e. The number of ether oxygens (including phenoxy) is 2. The van der Waals surface area contributed by atoms with Crippen LogP contribution in [0.15, 0.2) is 0 Å². The SMILES string of the molecule is CCCCCCCCCCCCCCCCCCCCCCCCCCCCCCCCCC(O)C(=O)NC(COC1OC(CO)C(O)C(O)C1O)C(O)C(O)CCCCCCCCCCCCC. The van der Waals surface area contributed by atoms with Crippen molar-refractivity contribution in [2.75, 3.05) is 13.2 Å². The van der Waals surface area contributed by atoms with Crippen LogP contribution in [0.4, 0.5) is 0 Å². The Bertz CT molecular complexity index is 1090. The molecule has 11 heteroatoms. The minimum absolute atomic E-state index is 0.267. The van der Waals surface area contributed by atoms with E-state index < -0.39 is 74.2 Å². The topological polar surface area (TPSA) is 189 Å². The van der Waals surface area contributed by atoms with Crippen LogP contribution in [0, 0.1) is 0 Å². The molecule has 8 N–H and O–H groups in total. The molecule has 1 rings (SSSR count). The van der Waals surface area contributed by atoms with Crippen LogP contribution in [-0.2, 0) is 14.3 Å². The van der Waals surface area contributed by atoms with Crippen LogP contribution in [-0.4, -0.2) is 110 Å². The molecule has 0 aromatic rings. The molecule has 0 saturated carbocycles. The summed E-state index contributed by atoms with van der Waals surface area (Å²) < 4.78 is 11.1. The number of hydrogen-bond donors (Lipinski definition) is 8. The smallest absolute Gasteiger partial charge is 0.249 e. The van der Waals surface area contributed by atoms with Gasteiger partial charge in [-0.25, -0.2) is 0 Å². The van der Waals surface area contributed by atoms with Crippen LogP contribution in [0.5, 0.6) is 0 Å². The molecular formula is C58H115NO10. The van der Waals surface area contributed by atoms with E-state index in [0.717, 1.165) is 38.5 Å². The lowest BCUT2D eigenvalue weighted by molar-refractivity contribution is -0.303. The van der Waals surface area contributed by atoms with E-state index in [1.54, 1.807) is 0 Å². The maximum absolute atomic E-state index is 13.1. The summed E-state index contributed by atoms with van der Waals surface area (Å²) in [6.07, 6.45) is 43.3. The van der Waals surface area contributed by atoms with Gasteiger partial charge < -0.3 is 50.5 Å². The summed E-state index contributed by atoms with van der Waals surface area (Å²) in [7, 11) is 0. The molecule has 412 valence electrons. The third-order valence-corrected chi connectivity index (χ3v) is 14.9. The first kappa shape index (κ1) is 66.1. The standard InChI is InChI=1S/C58H115NO10/c1-3-5-7-9-11-13-15-16-17-18-19-20-21-22-23-24-25-26-27-28-29-30-31-32-33-34-36-38-40-42-44-46-51(62)57(67)59-49(48-68-58-56(66)55(65)54(64)52(47-60)69-58)53(63)50(61)45-43-41-39-37-35-14-12-10-8-6-4-2/h49-56,58,60-66H,3-48H2,1-2H3,(H,59,67). The lowest BCUT2D eigenvalue weighted by atomic mass is 9.98. The van der Waals surface area contributed by atoms with Gasteiger partial charge in [0.15, 0.2) is 6.29 Å². The lowest BCUT2D eigenvalue weighted by Gasteiger charge is -2.40. The summed E-state index contributed by atoms with van der Waals surface area (Å²) in [5.41, 5.74) is 0. The molecule has 0 aromatic heterocycles. The molecule has 0 aromatic carbocycles. The zero-order chi connectivity index (χ0) is 50.4. The van der Waals surface area contributed by atoms with Crippen molar-refractivity contribution < 1.29 is 50.0 Å². The number of aliphatic hydroxyl groups excluding tert-OH is 7. The molecule has 9 unspecified atom stereocenters. The Labute approximate surface area is 424 Å². The predicted octanol–water partition coefficient (Wildman–Crippen LogP) is 12.6. The van der Waals surface area contributed by atoms with Gasteiger partial charge in [0.05, 0.1) is 25.4 Å². The van der Waals surface area contributed by atoms with Crippen LogP contribution in [0.25, 0.3) is 0 Å². The van der Waals surface area contributed by atoms with Gasteiger partial charge in [-0.2, -0.15) is 0 Å². The Morgan fingerprint density at radius 3 is 1.07 bits per heavy atom. The summed E-state index contributed by atoms with van der Waals surface area (Å²) in [4.78, 5) is 13.1. The highest BCUT2D eigenvalue weighted by molar-refractivity contribution is 5.80. The second-order valence-corrected chi connectivity index (χ2v) is 21.4. The molecule has 1 aliphatic heterocycles. The van der Waals surface area contributed by atoms with E-state index in [-0.39, 0.29) is 6.42 Å². The van der Waals surface area contributed by atoms with E-state index in [9.17, 15) is 40.5 Å². The number of carbonyl (C=O) groups excluding carboxylic acids is 1. The number of nitrogens with one attached hydrogen (secondary N) is 1. The summed E-state index contributed by atoms with van der Waals surface area (Å²) in [6.45, 7) is 3.47. The molecule has 0 aliphatic carbocycles. The highest BCUT2D eigenvalue weighted by Gasteiger charge is 2.44. The first-order chi connectivity index (χ1) is 33.7. The number of unbranched alkanes of at least 4 members (excludes halogenated alkanes) is 40. The minimum Gasteiger partial charge on any atom is -0.394 e. The highest BCUT2D eigenvalue weighted by atomic mass is 16.7. The minimum atomic E-state index is -1.66. The van der Waals surface area contributed by atoms with Crippen molar-refractivity contribution in [3.8, 4) is 0 Å². The number of amides is 1. The summed E-state index contributed by atoms with van der Waals surface area (Å²) in [5.74, 6) is -0.691. The molecule has 0 spiro atoms. The summed E-state index contributed by atoms with van der Waals surface area (Å²) in [5, 5.41) is 75.9. The van der Waals surface area contributed by atoms with E-state index in [1.165, 1.54) is 218 Å². The predicted molar refractivity (Wildman–Crippen MR) is 284 cm³/mol. The van der Waals surface area contributed by atoms with Crippen molar-refractivity contribution in [3.05, 3.63) is 0 Å². The van der Waals surface area contributed by atoms with Crippen LogP contribution >= 0.6 is 0 Å². The molecule has 9 atom stereocenters. The molecule has 11 nitrogen and oxygen atoms in total. The Hall–Kier alpha value is -0.890. The van der Waals surface area contributed by atoms with Gasteiger partial charge in [-0.15, -0.1) is 0 Å². The average molecular weight is 987 g/mol. The van der Waals surface area contributed by atoms with E-state index in [1.807, 2.05) is 0 Å². The van der Waals surface area contributed by atoms with Gasteiger partial charge in [0.1, 0.15) is 36.6 Å². The van der Waals surface area contributed by atoms with Gasteiger partial charge in [0, 0.05) is 0 Å². The van der Waals surface area contributed by atoms with Gasteiger partial charge in [-0.05, 0) is 12.8 Å². The second kappa shape index (κ2) is 48.1. The highest BCUT2D eigenvalue weighted by Crippen LogP contribution is 2.24. The van der Waals surface area contributed by atoms with Crippen molar-refractivity contribution in [2.24, 2.45) is 0 Å². The van der Waals surface area contributed by atoms with E-state index in [2.05, 4.69) is 19.2 Å². The van der Waals surface area contributed by atoms with Crippen molar-refractivity contribution in [3.63, 3.8) is 0 Å². The number of carbonyl (C=O) groups is 1. The third-order valence-electron chi connectivity index (χ3n) is 14.9. The number of aliphatic hydroxyl groups is 7. The van der Waals surface area contributed by atoms with Crippen molar-refractivity contribution in [1.29, 1.82) is 0 Å². The molecular weight excluding hydrogens is 871 g/mol. The first-order valence-corrected chi connectivity index (χ1v) is 29.9. The molecule has 1 aliphatic rings.